The van der Waals surface area contributed by atoms with Gasteiger partial charge in [-0.3, -0.25) is 14.3 Å². The standard InChI is InChI=1S/C22H23N5O5S/c1-33(31,32)26-18-6-4-17(5-7-18)24-20(28)11-14-2-3-15-8-9-27(13-16(15)10-14)21(29)19-12-23-22(30)25-19/h2-7,10,12,26H,8-9,11,13H2,1H3,(H,24,28)(H2,23,25,30). The Labute approximate surface area is 190 Å². The number of hydrogen-bond acceptors (Lipinski definition) is 5. The number of anilines is 2. The van der Waals surface area contributed by atoms with Crippen LogP contribution in [-0.4, -0.2) is 47.9 Å². The fourth-order valence-corrected chi connectivity index (χ4v) is 4.30. The maximum Gasteiger partial charge on any atom is 0.323 e. The molecule has 0 aliphatic carbocycles. The summed E-state index contributed by atoms with van der Waals surface area (Å²) in [6.45, 7) is 0.939. The van der Waals surface area contributed by atoms with Crippen molar-refractivity contribution < 1.29 is 18.0 Å². The lowest BCUT2D eigenvalue weighted by Gasteiger charge is -2.28. The Morgan fingerprint density at radius 1 is 1.06 bits per heavy atom. The van der Waals surface area contributed by atoms with Crippen LogP contribution in [0.2, 0.25) is 0 Å². The molecule has 2 amide bonds. The van der Waals surface area contributed by atoms with Crippen LogP contribution in [0, 0.1) is 0 Å². The van der Waals surface area contributed by atoms with Crippen LogP contribution >= 0.6 is 0 Å². The third kappa shape index (κ3) is 5.69. The van der Waals surface area contributed by atoms with E-state index in [9.17, 15) is 22.8 Å². The van der Waals surface area contributed by atoms with Crippen LogP contribution in [0.4, 0.5) is 11.4 Å². The molecule has 0 bridgehead atoms. The van der Waals surface area contributed by atoms with Crippen LogP contribution in [0.1, 0.15) is 27.2 Å². The molecule has 1 aromatic heterocycles. The number of sulfonamides is 1. The monoisotopic (exact) mass is 469 g/mol. The molecule has 1 aliphatic heterocycles. The lowest BCUT2D eigenvalue weighted by Crippen LogP contribution is -2.36. The number of carbonyl (C=O) groups excluding carboxylic acids is 2. The molecule has 3 aromatic rings. The minimum absolute atomic E-state index is 0.149. The van der Waals surface area contributed by atoms with Gasteiger partial charge in [0.2, 0.25) is 15.9 Å². The SMILES string of the molecule is CS(=O)(=O)Nc1ccc(NC(=O)Cc2ccc3c(c2)CN(C(=O)c2c[nH]c(=O)[nH]2)CC3)cc1. The normalized spacial score (nSPS) is 13.3. The number of hydrogen-bond donors (Lipinski definition) is 4. The van der Waals surface area contributed by atoms with Crippen LogP contribution in [0.3, 0.4) is 0 Å². The Morgan fingerprint density at radius 2 is 1.79 bits per heavy atom. The van der Waals surface area contributed by atoms with Crippen molar-refractivity contribution in [1.82, 2.24) is 14.9 Å². The highest BCUT2D eigenvalue weighted by Crippen LogP contribution is 2.22. The van der Waals surface area contributed by atoms with Gasteiger partial charge in [-0.2, -0.15) is 0 Å². The molecular formula is C22H23N5O5S. The number of aromatic amines is 2. The maximum absolute atomic E-state index is 12.6. The molecule has 0 atom stereocenters. The first-order chi connectivity index (χ1) is 15.7. The molecular weight excluding hydrogens is 446 g/mol. The van der Waals surface area contributed by atoms with Crippen molar-refractivity contribution in [3.63, 3.8) is 0 Å². The number of H-pyrrole nitrogens is 2. The van der Waals surface area contributed by atoms with Gasteiger partial charge in [0.05, 0.1) is 12.7 Å². The minimum Gasteiger partial charge on any atom is -0.333 e. The summed E-state index contributed by atoms with van der Waals surface area (Å²) in [6, 6.07) is 12.2. The molecule has 2 aromatic carbocycles. The van der Waals surface area contributed by atoms with E-state index in [1.54, 1.807) is 29.2 Å². The highest BCUT2D eigenvalue weighted by atomic mass is 32.2. The van der Waals surface area contributed by atoms with E-state index in [0.717, 1.165) is 22.9 Å². The number of aromatic nitrogens is 2. The first kappa shape index (κ1) is 22.3. The summed E-state index contributed by atoms with van der Waals surface area (Å²) >= 11 is 0. The van der Waals surface area contributed by atoms with Crippen LogP contribution < -0.4 is 15.7 Å². The van der Waals surface area contributed by atoms with Crippen molar-refractivity contribution in [3.8, 4) is 0 Å². The molecule has 33 heavy (non-hydrogen) atoms. The predicted octanol–water partition coefficient (Wildman–Crippen LogP) is 1.45. The number of rotatable bonds is 6. The number of nitrogens with zero attached hydrogens (tertiary/aromatic N) is 1. The lowest BCUT2D eigenvalue weighted by molar-refractivity contribution is -0.115. The van der Waals surface area contributed by atoms with E-state index in [1.807, 2.05) is 18.2 Å². The van der Waals surface area contributed by atoms with E-state index in [4.69, 9.17) is 0 Å². The van der Waals surface area contributed by atoms with Crippen LogP contribution in [0.5, 0.6) is 0 Å². The average molecular weight is 470 g/mol. The summed E-state index contributed by atoms with van der Waals surface area (Å²) in [7, 11) is -3.36. The molecule has 0 spiro atoms. The number of fused-ring (bicyclic) bond motifs is 1. The molecule has 4 rings (SSSR count). The van der Waals surface area contributed by atoms with E-state index in [0.29, 0.717) is 30.9 Å². The molecule has 4 N–H and O–H groups in total. The van der Waals surface area contributed by atoms with Gasteiger partial charge in [0.15, 0.2) is 0 Å². The van der Waals surface area contributed by atoms with Gasteiger partial charge >= 0.3 is 5.69 Å². The number of nitrogens with one attached hydrogen (secondary N) is 4. The zero-order valence-electron chi connectivity index (χ0n) is 17.8. The summed E-state index contributed by atoms with van der Waals surface area (Å²) in [4.78, 5) is 43.0. The van der Waals surface area contributed by atoms with Crippen molar-refractivity contribution in [2.75, 3.05) is 22.8 Å². The van der Waals surface area contributed by atoms with Gasteiger partial charge in [0, 0.05) is 30.7 Å². The number of carbonyl (C=O) groups is 2. The molecule has 10 nitrogen and oxygen atoms in total. The van der Waals surface area contributed by atoms with E-state index in [1.165, 1.54) is 6.20 Å². The van der Waals surface area contributed by atoms with E-state index >= 15 is 0 Å². The van der Waals surface area contributed by atoms with Gasteiger partial charge in [0.1, 0.15) is 5.69 Å². The second-order valence-corrected chi connectivity index (χ2v) is 9.66. The third-order valence-electron chi connectivity index (χ3n) is 5.23. The predicted molar refractivity (Wildman–Crippen MR) is 124 cm³/mol. The second kappa shape index (κ2) is 8.94. The summed E-state index contributed by atoms with van der Waals surface area (Å²) < 4.78 is 24.9. The van der Waals surface area contributed by atoms with Crippen LogP contribution in [-0.2, 0) is 34.2 Å². The quantitative estimate of drug-likeness (QED) is 0.432. The van der Waals surface area contributed by atoms with Crippen molar-refractivity contribution in [3.05, 3.63) is 81.5 Å². The van der Waals surface area contributed by atoms with Crippen LogP contribution in [0.15, 0.2) is 53.5 Å². The van der Waals surface area contributed by atoms with Crippen molar-refractivity contribution >= 4 is 33.2 Å². The molecule has 0 saturated heterocycles. The van der Waals surface area contributed by atoms with Gasteiger partial charge in [-0.05, 0) is 47.4 Å². The zero-order valence-corrected chi connectivity index (χ0v) is 18.7. The van der Waals surface area contributed by atoms with Gasteiger partial charge in [0.25, 0.3) is 5.91 Å². The van der Waals surface area contributed by atoms with Crippen LogP contribution in [0.25, 0.3) is 0 Å². The molecule has 0 saturated carbocycles. The van der Waals surface area contributed by atoms with E-state index in [-0.39, 0.29) is 23.9 Å². The summed E-state index contributed by atoms with van der Waals surface area (Å²) in [5.41, 5.74) is 3.66. The Balaban J connectivity index is 1.39. The highest BCUT2D eigenvalue weighted by molar-refractivity contribution is 7.92. The molecule has 0 unspecified atom stereocenters. The largest absolute Gasteiger partial charge is 0.333 e. The molecule has 11 heteroatoms. The molecule has 0 radical (unpaired) electrons. The summed E-state index contributed by atoms with van der Waals surface area (Å²) in [6.07, 6.45) is 3.27. The molecule has 0 fully saturated rings. The van der Waals surface area contributed by atoms with E-state index in [2.05, 4.69) is 20.0 Å². The zero-order chi connectivity index (χ0) is 23.6. The van der Waals surface area contributed by atoms with Crippen molar-refractivity contribution in [1.29, 1.82) is 0 Å². The third-order valence-corrected chi connectivity index (χ3v) is 5.84. The summed E-state index contributed by atoms with van der Waals surface area (Å²) in [5.74, 6) is -0.469. The van der Waals surface area contributed by atoms with Crippen molar-refractivity contribution in [2.24, 2.45) is 0 Å². The van der Waals surface area contributed by atoms with Crippen molar-refractivity contribution in [2.45, 2.75) is 19.4 Å². The number of imidazole rings is 1. The van der Waals surface area contributed by atoms with Gasteiger partial charge < -0.3 is 20.2 Å². The first-order valence-electron chi connectivity index (χ1n) is 10.2. The minimum atomic E-state index is -3.36. The lowest BCUT2D eigenvalue weighted by atomic mass is 9.96. The maximum atomic E-state index is 12.6. The first-order valence-corrected chi connectivity index (χ1v) is 12.1. The Kier molecular flexibility index (Phi) is 6.05. The fraction of sp³-hybridized carbons (Fsp3) is 0.227. The van der Waals surface area contributed by atoms with E-state index < -0.39 is 15.7 Å². The number of amides is 2. The summed E-state index contributed by atoms with van der Waals surface area (Å²) in [5, 5.41) is 2.79. The second-order valence-electron chi connectivity index (χ2n) is 7.91. The number of benzene rings is 2. The fourth-order valence-electron chi connectivity index (χ4n) is 3.74. The molecule has 172 valence electrons. The van der Waals surface area contributed by atoms with Gasteiger partial charge in [-0.15, -0.1) is 0 Å². The Bertz CT molecular complexity index is 1360. The topological polar surface area (TPSA) is 144 Å². The molecule has 2 heterocycles. The Hall–Kier alpha value is -3.86. The molecule has 1 aliphatic rings. The average Bonchev–Trinajstić information content (AvgIpc) is 3.19. The highest BCUT2D eigenvalue weighted by Gasteiger charge is 2.23. The smallest absolute Gasteiger partial charge is 0.323 e. The van der Waals surface area contributed by atoms with Gasteiger partial charge in [-0.25, -0.2) is 13.2 Å². The van der Waals surface area contributed by atoms with Gasteiger partial charge in [-0.1, -0.05) is 18.2 Å². The Morgan fingerprint density at radius 3 is 2.45 bits per heavy atom.